The van der Waals surface area contributed by atoms with Crippen molar-refractivity contribution < 1.29 is 13.9 Å². The van der Waals surface area contributed by atoms with E-state index in [9.17, 15) is 9.18 Å². The van der Waals surface area contributed by atoms with Gasteiger partial charge in [0.15, 0.2) is 0 Å². The van der Waals surface area contributed by atoms with E-state index in [0.717, 1.165) is 38.3 Å². The second-order valence-electron chi connectivity index (χ2n) is 5.57. The van der Waals surface area contributed by atoms with Gasteiger partial charge >= 0.3 is 5.97 Å². The summed E-state index contributed by atoms with van der Waals surface area (Å²) in [7, 11) is 1.44. The van der Waals surface area contributed by atoms with Crippen molar-refractivity contribution in [1.29, 1.82) is 0 Å². The summed E-state index contributed by atoms with van der Waals surface area (Å²) in [4.78, 5) is 16.4. The fourth-order valence-corrected chi connectivity index (χ4v) is 2.83. The average molecular weight is 294 g/mol. The zero-order chi connectivity index (χ0) is 15.5. The van der Waals surface area contributed by atoms with E-state index in [-0.39, 0.29) is 11.8 Å². The Morgan fingerprint density at radius 2 is 1.81 bits per heavy atom. The van der Waals surface area contributed by atoms with Gasteiger partial charge in [0, 0.05) is 31.9 Å². The normalized spacial score (nSPS) is 19.1. The zero-order valence-electron chi connectivity index (χ0n) is 12.9. The number of nitrogens with zero attached hydrogens (tertiary/aromatic N) is 2. The van der Waals surface area contributed by atoms with Crippen molar-refractivity contribution in [2.24, 2.45) is 0 Å². The molecule has 0 N–H and O–H groups in total. The van der Waals surface area contributed by atoms with Crippen LogP contribution in [0.4, 0.5) is 10.1 Å². The largest absolute Gasteiger partial charge is 0.468 e. The van der Waals surface area contributed by atoms with Crippen LogP contribution in [0.15, 0.2) is 24.3 Å². The third kappa shape index (κ3) is 3.18. The molecule has 0 unspecified atom stereocenters. The highest BCUT2D eigenvalue weighted by Gasteiger charge is 2.40. The summed E-state index contributed by atoms with van der Waals surface area (Å²) in [6, 6.07) is 6.55. The highest BCUT2D eigenvalue weighted by molar-refractivity contribution is 5.80. The second kappa shape index (κ2) is 6.43. The van der Waals surface area contributed by atoms with E-state index >= 15 is 0 Å². The smallest absolute Gasteiger partial charge is 0.325 e. The molecule has 0 spiro atoms. The minimum atomic E-state index is -0.566. The maximum Gasteiger partial charge on any atom is 0.325 e. The summed E-state index contributed by atoms with van der Waals surface area (Å²) in [5, 5.41) is 0. The van der Waals surface area contributed by atoms with Gasteiger partial charge in [0.1, 0.15) is 11.4 Å². The maximum absolute atomic E-state index is 13.0. The van der Waals surface area contributed by atoms with Gasteiger partial charge in [-0.15, -0.1) is 0 Å². The zero-order valence-corrected chi connectivity index (χ0v) is 12.9. The number of hydrogen-bond acceptors (Lipinski definition) is 4. The first kappa shape index (κ1) is 15.8. The molecule has 4 nitrogen and oxygen atoms in total. The average Bonchev–Trinajstić information content (AvgIpc) is 2.54. The van der Waals surface area contributed by atoms with E-state index < -0.39 is 5.54 Å². The van der Waals surface area contributed by atoms with Crippen LogP contribution in [0.5, 0.6) is 0 Å². The van der Waals surface area contributed by atoms with Crippen LogP contribution in [0.25, 0.3) is 0 Å². The molecule has 1 aromatic carbocycles. The molecule has 0 saturated carbocycles. The van der Waals surface area contributed by atoms with Crippen LogP contribution < -0.4 is 4.90 Å². The molecule has 0 amide bonds. The van der Waals surface area contributed by atoms with Gasteiger partial charge in [0.05, 0.1) is 7.11 Å². The van der Waals surface area contributed by atoms with Crippen LogP contribution >= 0.6 is 0 Å². The Bertz CT molecular complexity index is 484. The molecule has 0 radical (unpaired) electrons. The number of benzene rings is 1. The Kier molecular flexibility index (Phi) is 4.83. The van der Waals surface area contributed by atoms with Crippen molar-refractivity contribution in [2.45, 2.75) is 25.8 Å². The first-order valence-electron chi connectivity index (χ1n) is 7.35. The Morgan fingerprint density at radius 1 is 1.24 bits per heavy atom. The van der Waals surface area contributed by atoms with Gasteiger partial charge < -0.3 is 9.64 Å². The third-order valence-corrected chi connectivity index (χ3v) is 4.48. The molecule has 5 heteroatoms. The Balaban J connectivity index is 2.02. The summed E-state index contributed by atoms with van der Waals surface area (Å²) in [5.74, 6) is -0.401. The van der Waals surface area contributed by atoms with Gasteiger partial charge in [-0.2, -0.15) is 0 Å². The summed E-state index contributed by atoms with van der Waals surface area (Å²) in [6.07, 6.45) is 0.718. The molecule has 1 saturated heterocycles. The lowest BCUT2D eigenvalue weighted by Gasteiger charge is -2.44. The number of hydrogen-bond donors (Lipinski definition) is 0. The number of anilines is 1. The fourth-order valence-electron chi connectivity index (χ4n) is 2.83. The van der Waals surface area contributed by atoms with E-state index in [1.807, 2.05) is 13.8 Å². The van der Waals surface area contributed by atoms with Crippen molar-refractivity contribution >= 4 is 11.7 Å². The van der Waals surface area contributed by atoms with Gasteiger partial charge in [-0.05, 0) is 37.6 Å². The maximum atomic E-state index is 13.0. The number of rotatable bonds is 4. The van der Waals surface area contributed by atoms with Crippen molar-refractivity contribution in [1.82, 2.24) is 4.90 Å². The predicted octanol–water partition coefficient (Wildman–Crippen LogP) is 2.29. The number of esters is 1. The van der Waals surface area contributed by atoms with Crippen LogP contribution in [0, 0.1) is 5.82 Å². The van der Waals surface area contributed by atoms with Gasteiger partial charge in [-0.3, -0.25) is 9.69 Å². The topological polar surface area (TPSA) is 32.8 Å². The molecule has 1 aliphatic heterocycles. The first-order chi connectivity index (χ1) is 10.0. The Morgan fingerprint density at radius 3 is 2.29 bits per heavy atom. The summed E-state index contributed by atoms with van der Waals surface area (Å²) < 4.78 is 17.9. The number of ether oxygens (including phenoxy) is 1. The van der Waals surface area contributed by atoms with E-state index in [1.54, 1.807) is 12.1 Å². The summed E-state index contributed by atoms with van der Waals surface area (Å²) in [5.41, 5.74) is 0.455. The number of carbonyl (C=O) groups excluding carboxylic acids is 1. The third-order valence-electron chi connectivity index (χ3n) is 4.48. The fraction of sp³-hybridized carbons (Fsp3) is 0.562. The molecule has 1 aliphatic rings. The van der Waals surface area contributed by atoms with Crippen molar-refractivity contribution in [3.05, 3.63) is 30.1 Å². The summed E-state index contributed by atoms with van der Waals surface area (Å²) in [6.45, 7) is 7.15. The number of methoxy groups -OCH3 is 1. The van der Waals surface area contributed by atoms with E-state index in [2.05, 4.69) is 9.80 Å². The van der Waals surface area contributed by atoms with Crippen molar-refractivity contribution in [2.75, 3.05) is 38.2 Å². The van der Waals surface area contributed by atoms with Gasteiger partial charge in [-0.1, -0.05) is 6.92 Å². The number of carbonyl (C=O) groups is 1. The first-order valence-corrected chi connectivity index (χ1v) is 7.35. The molecular formula is C16H23FN2O2. The molecule has 2 rings (SSSR count). The minimum Gasteiger partial charge on any atom is -0.468 e. The molecule has 1 atom stereocenters. The van der Waals surface area contributed by atoms with Gasteiger partial charge in [0.2, 0.25) is 0 Å². The van der Waals surface area contributed by atoms with Gasteiger partial charge in [0.25, 0.3) is 0 Å². The predicted molar refractivity (Wildman–Crippen MR) is 80.9 cm³/mol. The standard InChI is InChI=1S/C16H23FN2O2/c1-4-16(2,15(20)21-3)19-11-9-18(10-12-19)14-7-5-13(17)6-8-14/h5-8H,4,9-12H2,1-3H3/t16-/m1/s1. The van der Waals surface area contributed by atoms with Gasteiger partial charge in [-0.25, -0.2) is 4.39 Å². The molecule has 1 aromatic rings. The quantitative estimate of drug-likeness (QED) is 0.798. The lowest BCUT2D eigenvalue weighted by molar-refractivity contribution is -0.155. The molecule has 1 heterocycles. The summed E-state index contributed by atoms with van der Waals surface area (Å²) >= 11 is 0. The van der Waals surface area contributed by atoms with Crippen LogP contribution in [0.3, 0.4) is 0 Å². The van der Waals surface area contributed by atoms with E-state index in [0.29, 0.717) is 0 Å². The number of piperazine rings is 1. The van der Waals surface area contributed by atoms with Crippen molar-refractivity contribution in [3.63, 3.8) is 0 Å². The highest BCUT2D eigenvalue weighted by Crippen LogP contribution is 2.25. The van der Waals surface area contributed by atoms with Crippen LogP contribution in [-0.2, 0) is 9.53 Å². The Labute approximate surface area is 125 Å². The van der Waals surface area contributed by atoms with Crippen LogP contribution in [-0.4, -0.2) is 49.7 Å². The highest BCUT2D eigenvalue weighted by atomic mass is 19.1. The number of halogens is 1. The van der Waals surface area contributed by atoms with Crippen LogP contribution in [0.2, 0.25) is 0 Å². The van der Waals surface area contributed by atoms with Crippen molar-refractivity contribution in [3.8, 4) is 0 Å². The monoisotopic (exact) mass is 294 g/mol. The SMILES string of the molecule is CC[C@](C)(C(=O)OC)N1CCN(c2ccc(F)cc2)CC1. The minimum absolute atomic E-state index is 0.180. The second-order valence-corrected chi connectivity index (χ2v) is 5.57. The Hall–Kier alpha value is -1.62. The van der Waals surface area contributed by atoms with E-state index in [4.69, 9.17) is 4.74 Å². The lowest BCUT2D eigenvalue weighted by atomic mass is 9.95. The molecule has 21 heavy (non-hydrogen) atoms. The molecular weight excluding hydrogens is 271 g/mol. The molecule has 1 fully saturated rings. The molecule has 0 bridgehead atoms. The lowest BCUT2D eigenvalue weighted by Crippen LogP contribution is -2.59. The molecule has 116 valence electrons. The molecule has 0 aromatic heterocycles. The van der Waals surface area contributed by atoms with Crippen LogP contribution in [0.1, 0.15) is 20.3 Å². The van der Waals surface area contributed by atoms with E-state index in [1.165, 1.54) is 19.2 Å². The molecule has 0 aliphatic carbocycles.